The van der Waals surface area contributed by atoms with Crippen LogP contribution in [0.25, 0.3) is 0 Å². The molecule has 0 aliphatic heterocycles. The van der Waals surface area contributed by atoms with E-state index in [9.17, 15) is 18.0 Å². The predicted molar refractivity (Wildman–Crippen MR) is 69.5 cm³/mol. The van der Waals surface area contributed by atoms with E-state index in [4.69, 9.17) is 5.73 Å². The molecule has 0 bridgehead atoms. The third kappa shape index (κ3) is 3.28. The molecule has 0 atom stereocenters. The minimum absolute atomic E-state index is 0.0148. The number of anilines is 2. The second-order valence-electron chi connectivity index (χ2n) is 4.22. The van der Waals surface area contributed by atoms with E-state index in [1.54, 1.807) is 24.3 Å². The van der Waals surface area contributed by atoms with Crippen LogP contribution < -0.4 is 11.1 Å². The van der Waals surface area contributed by atoms with Crippen molar-refractivity contribution in [2.45, 2.75) is 6.42 Å². The lowest BCUT2D eigenvalue weighted by Crippen LogP contribution is -2.15. The fraction of sp³-hybridized carbons (Fsp3) is 0.0714. The van der Waals surface area contributed by atoms with Crippen molar-refractivity contribution in [3.63, 3.8) is 0 Å². The second-order valence-corrected chi connectivity index (χ2v) is 4.22. The van der Waals surface area contributed by atoms with Crippen molar-refractivity contribution < 1.29 is 18.0 Å². The largest absolute Gasteiger partial charge is 0.399 e. The summed E-state index contributed by atoms with van der Waals surface area (Å²) in [4.78, 5) is 11.7. The van der Waals surface area contributed by atoms with Crippen molar-refractivity contribution >= 4 is 17.3 Å². The first kappa shape index (κ1) is 13.9. The van der Waals surface area contributed by atoms with Crippen LogP contribution in [-0.2, 0) is 11.2 Å². The smallest absolute Gasteiger partial charge is 0.228 e. The molecule has 0 aliphatic rings. The van der Waals surface area contributed by atoms with E-state index in [0.717, 1.165) is 12.1 Å². The maximum absolute atomic E-state index is 13.0. The number of hydrogen-bond acceptors (Lipinski definition) is 2. The Balaban J connectivity index is 2.06. The Morgan fingerprint density at radius 3 is 2.15 bits per heavy atom. The molecular weight excluding hydrogens is 269 g/mol. The fourth-order valence-electron chi connectivity index (χ4n) is 1.65. The van der Waals surface area contributed by atoms with Crippen LogP contribution >= 0.6 is 0 Å². The molecule has 0 radical (unpaired) electrons. The molecule has 2 rings (SSSR count). The third-order valence-corrected chi connectivity index (χ3v) is 2.61. The van der Waals surface area contributed by atoms with Gasteiger partial charge in [-0.2, -0.15) is 0 Å². The van der Waals surface area contributed by atoms with Gasteiger partial charge in [-0.25, -0.2) is 13.2 Å². The molecule has 6 heteroatoms. The van der Waals surface area contributed by atoms with Gasteiger partial charge in [-0.1, -0.05) is 12.1 Å². The average Bonchev–Trinajstić information content (AvgIpc) is 2.38. The van der Waals surface area contributed by atoms with E-state index in [-0.39, 0.29) is 12.1 Å². The molecule has 3 nitrogen and oxygen atoms in total. The van der Waals surface area contributed by atoms with E-state index in [0.29, 0.717) is 11.3 Å². The van der Waals surface area contributed by atoms with Crippen LogP contribution in [0.2, 0.25) is 0 Å². The number of nitrogens with one attached hydrogen (secondary N) is 1. The lowest BCUT2D eigenvalue weighted by atomic mass is 10.1. The van der Waals surface area contributed by atoms with Crippen LogP contribution in [-0.4, -0.2) is 5.91 Å². The van der Waals surface area contributed by atoms with Crippen LogP contribution in [0.4, 0.5) is 24.5 Å². The summed E-state index contributed by atoms with van der Waals surface area (Å²) in [5, 5.41) is 2.30. The minimum atomic E-state index is -1.57. The number of nitrogens with two attached hydrogens (primary N) is 1. The molecular formula is C14H11F3N2O. The van der Waals surface area contributed by atoms with E-state index in [1.165, 1.54) is 0 Å². The number of carbonyl (C=O) groups is 1. The molecule has 2 aromatic carbocycles. The minimum Gasteiger partial charge on any atom is -0.399 e. The molecule has 0 spiro atoms. The Bertz CT molecular complexity index is 618. The summed E-state index contributed by atoms with van der Waals surface area (Å²) in [5.41, 5.74) is 6.63. The van der Waals surface area contributed by atoms with E-state index in [2.05, 4.69) is 5.32 Å². The molecule has 2 aromatic rings. The molecule has 1 amide bonds. The second kappa shape index (κ2) is 5.64. The van der Waals surface area contributed by atoms with Gasteiger partial charge < -0.3 is 11.1 Å². The van der Waals surface area contributed by atoms with Gasteiger partial charge in [0.2, 0.25) is 5.91 Å². The van der Waals surface area contributed by atoms with Crippen LogP contribution in [0, 0.1) is 17.5 Å². The summed E-state index contributed by atoms with van der Waals surface area (Å²) in [5.74, 6) is -4.75. The van der Waals surface area contributed by atoms with Gasteiger partial charge in [-0.3, -0.25) is 4.79 Å². The van der Waals surface area contributed by atoms with Gasteiger partial charge in [0.15, 0.2) is 17.5 Å². The highest BCUT2D eigenvalue weighted by Crippen LogP contribution is 2.17. The standard InChI is InChI=1S/C14H11F3N2O/c15-11-6-10(7-12(16)14(11)17)19-13(20)5-8-1-3-9(18)4-2-8/h1-4,6-7H,5,18H2,(H,19,20). The molecule has 0 aromatic heterocycles. The van der Waals surface area contributed by atoms with Crippen molar-refractivity contribution in [3.05, 3.63) is 59.4 Å². The molecule has 0 aliphatic carbocycles. The molecule has 0 fully saturated rings. The topological polar surface area (TPSA) is 55.1 Å². The molecule has 0 unspecified atom stereocenters. The van der Waals surface area contributed by atoms with Gasteiger partial charge in [0.25, 0.3) is 0 Å². The molecule has 104 valence electrons. The van der Waals surface area contributed by atoms with Gasteiger partial charge in [0.1, 0.15) is 0 Å². The number of carbonyl (C=O) groups excluding carboxylic acids is 1. The maximum Gasteiger partial charge on any atom is 0.228 e. The molecule has 0 heterocycles. The van der Waals surface area contributed by atoms with E-state index < -0.39 is 23.4 Å². The molecule has 20 heavy (non-hydrogen) atoms. The summed E-state index contributed by atoms with van der Waals surface area (Å²) in [7, 11) is 0. The first-order chi connectivity index (χ1) is 9.45. The highest BCUT2D eigenvalue weighted by molar-refractivity contribution is 5.92. The zero-order valence-electron chi connectivity index (χ0n) is 10.3. The summed E-state index contributed by atoms with van der Waals surface area (Å²) >= 11 is 0. The van der Waals surface area contributed by atoms with Crippen molar-refractivity contribution in [2.75, 3.05) is 11.1 Å². The van der Waals surface area contributed by atoms with Crippen molar-refractivity contribution in [3.8, 4) is 0 Å². The third-order valence-electron chi connectivity index (χ3n) is 2.61. The van der Waals surface area contributed by atoms with Gasteiger partial charge in [0.05, 0.1) is 6.42 Å². The Morgan fingerprint density at radius 2 is 1.60 bits per heavy atom. The van der Waals surface area contributed by atoms with Crippen LogP contribution in [0.3, 0.4) is 0 Å². The number of rotatable bonds is 3. The highest BCUT2D eigenvalue weighted by atomic mass is 19.2. The van der Waals surface area contributed by atoms with Crippen molar-refractivity contribution in [1.82, 2.24) is 0 Å². The number of halogens is 3. The Hall–Kier alpha value is -2.50. The predicted octanol–water partition coefficient (Wildman–Crippen LogP) is 2.87. The zero-order valence-corrected chi connectivity index (χ0v) is 10.3. The summed E-state index contributed by atoms with van der Waals surface area (Å²) < 4.78 is 38.7. The summed E-state index contributed by atoms with van der Waals surface area (Å²) in [6, 6.07) is 8.06. The van der Waals surface area contributed by atoms with Crippen LogP contribution in [0.5, 0.6) is 0 Å². The number of benzene rings is 2. The maximum atomic E-state index is 13.0. The Labute approximate surface area is 113 Å². The number of amides is 1. The van der Waals surface area contributed by atoms with Gasteiger partial charge >= 0.3 is 0 Å². The molecule has 3 N–H and O–H groups in total. The van der Waals surface area contributed by atoms with Crippen molar-refractivity contribution in [2.24, 2.45) is 0 Å². The quantitative estimate of drug-likeness (QED) is 0.671. The lowest BCUT2D eigenvalue weighted by molar-refractivity contribution is -0.115. The first-order valence-electron chi connectivity index (χ1n) is 5.74. The summed E-state index contributed by atoms with van der Waals surface area (Å²) in [6.45, 7) is 0. The number of hydrogen-bond donors (Lipinski definition) is 2. The van der Waals surface area contributed by atoms with Gasteiger partial charge in [-0.05, 0) is 17.7 Å². The molecule has 0 saturated carbocycles. The average molecular weight is 280 g/mol. The Morgan fingerprint density at radius 1 is 1.05 bits per heavy atom. The Kier molecular flexibility index (Phi) is 3.93. The monoisotopic (exact) mass is 280 g/mol. The zero-order chi connectivity index (χ0) is 14.7. The van der Waals surface area contributed by atoms with Crippen LogP contribution in [0.15, 0.2) is 36.4 Å². The number of nitrogen functional groups attached to an aromatic ring is 1. The van der Waals surface area contributed by atoms with Crippen molar-refractivity contribution in [1.29, 1.82) is 0 Å². The fourth-order valence-corrected chi connectivity index (χ4v) is 1.65. The SMILES string of the molecule is Nc1ccc(CC(=O)Nc2cc(F)c(F)c(F)c2)cc1. The van der Waals surface area contributed by atoms with E-state index >= 15 is 0 Å². The van der Waals surface area contributed by atoms with Gasteiger partial charge in [0, 0.05) is 23.5 Å². The van der Waals surface area contributed by atoms with Gasteiger partial charge in [-0.15, -0.1) is 0 Å². The summed E-state index contributed by atoms with van der Waals surface area (Å²) in [6.07, 6.45) is 0.0148. The first-order valence-corrected chi connectivity index (χ1v) is 5.74. The van der Waals surface area contributed by atoms with E-state index in [1.807, 2.05) is 0 Å². The normalized spacial score (nSPS) is 10.3. The highest BCUT2D eigenvalue weighted by Gasteiger charge is 2.12. The lowest BCUT2D eigenvalue weighted by Gasteiger charge is -2.06. The van der Waals surface area contributed by atoms with Crippen LogP contribution in [0.1, 0.15) is 5.56 Å². The molecule has 0 saturated heterocycles.